The lowest BCUT2D eigenvalue weighted by atomic mass is 10.1. The topological polar surface area (TPSA) is 55.8 Å². The second kappa shape index (κ2) is 7.31. The predicted octanol–water partition coefficient (Wildman–Crippen LogP) is 3.28. The van der Waals surface area contributed by atoms with Gasteiger partial charge in [-0.25, -0.2) is 14.0 Å². The van der Waals surface area contributed by atoms with E-state index in [-0.39, 0.29) is 17.0 Å². The summed E-state index contributed by atoms with van der Waals surface area (Å²) in [7, 11) is 2.35. The fourth-order valence-electron chi connectivity index (χ4n) is 2.17. The number of methoxy groups -OCH3 is 2. The summed E-state index contributed by atoms with van der Waals surface area (Å²) in [5.74, 6) is -2.17. The Balaban J connectivity index is 2.72. The summed E-state index contributed by atoms with van der Waals surface area (Å²) in [5.41, 5.74) is 0.317. The van der Waals surface area contributed by atoms with Gasteiger partial charge in [-0.2, -0.15) is 0 Å². The van der Waals surface area contributed by atoms with Gasteiger partial charge in [-0.1, -0.05) is 17.7 Å². The van der Waals surface area contributed by atoms with Crippen molar-refractivity contribution in [1.29, 1.82) is 0 Å². The molecule has 1 aromatic rings. The minimum Gasteiger partial charge on any atom is -0.465 e. The van der Waals surface area contributed by atoms with E-state index in [0.29, 0.717) is 10.6 Å². The summed E-state index contributed by atoms with van der Waals surface area (Å²) in [6.45, 7) is 1.66. The van der Waals surface area contributed by atoms with Crippen molar-refractivity contribution in [1.82, 2.24) is 0 Å². The molecule has 0 saturated carbocycles. The Morgan fingerprint density at radius 2 is 1.79 bits per heavy atom. The van der Waals surface area contributed by atoms with Crippen LogP contribution in [0.2, 0.25) is 5.02 Å². The van der Waals surface area contributed by atoms with Gasteiger partial charge in [-0.15, -0.1) is 0 Å². The van der Waals surface area contributed by atoms with Crippen LogP contribution in [0.1, 0.15) is 5.56 Å². The molecule has 0 fully saturated rings. The van der Waals surface area contributed by atoms with Crippen LogP contribution in [0.4, 0.5) is 10.1 Å². The number of benzene rings is 1. The molecule has 0 bridgehead atoms. The third kappa shape index (κ3) is 3.33. The van der Waals surface area contributed by atoms with E-state index in [1.807, 2.05) is 0 Å². The third-order valence-electron chi connectivity index (χ3n) is 3.38. The summed E-state index contributed by atoms with van der Waals surface area (Å²) < 4.78 is 23.9. The van der Waals surface area contributed by atoms with Gasteiger partial charge in [0.15, 0.2) is 0 Å². The molecule has 0 unspecified atom stereocenters. The molecule has 0 saturated heterocycles. The normalized spacial score (nSPS) is 13.8. The van der Waals surface area contributed by atoms with E-state index in [0.717, 1.165) is 0 Å². The van der Waals surface area contributed by atoms with Crippen LogP contribution in [-0.4, -0.2) is 26.2 Å². The molecule has 1 aliphatic rings. The summed E-state index contributed by atoms with van der Waals surface area (Å²) >= 11 is 6.08. The van der Waals surface area contributed by atoms with Crippen molar-refractivity contribution in [2.45, 2.75) is 6.92 Å². The van der Waals surface area contributed by atoms with E-state index >= 15 is 0 Å². The zero-order valence-corrected chi connectivity index (χ0v) is 14.1. The first-order valence-electron chi connectivity index (χ1n) is 6.91. The summed E-state index contributed by atoms with van der Waals surface area (Å²) in [4.78, 5) is 25.5. The van der Waals surface area contributed by atoms with Crippen LogP contribution in [0.5, 0.6) is 0 Å². The first kappa shape index (κ1) is 17.7. The van der Waals surface area contributed by atoms with Crippen molar-refractivity contribution in [2.24, 2.45) is 0 Å². The Morgan fingerprint density at radius 3 is 2.42 bits per heavy atom. The van der Waals surface area contributed by atoms with Crippen LogP contribution in [0.3, 0.4) is 0 Å². The highest BCUT2D eigenvalue weighted by Crippen LogP contribution is 2.32. The maximum absolute atomic E-state index is 14.5. The average molecular weight is 352 g/mol. The van der Waals surface area contributed by atoms with Gasteiger partial charge in [0.25, 0.3) is 0 Å². The summed E-state index contributed by atoms with van der Waals surface area (Å²) in [6.07, 6.45) is 5.90. The maximum atomic E-state index is 14.5. The largest absolute Gasteiger partial charge is 0.465 e. The van der Waals surface area contributed by atoms with Crippen molar-refractivity contribution < 1.29 is 23.5 Å². The molecule has 0 N–H and O–H groups in total. The molecule has 0 amide bonds. The van der Waals surface area contributed by atoms with E-state index in [1.165, 1.54) is 49.6 Å². The van der Waals surface area contributed by atoms with Crippen molar-refractivity contribution in [3.05, 3.63) is 64.2 Å². The lowest BCUT2D eigenvalue weighted by molar-refractivity contribution is -0.139. The molecule has 0 spiro atoms. The quantitative estimate of drug-likeness (QED) is 0.782. The smallest absolute Gasteiger partial charge is 0.355 e. The number of carbonyl (C=O) groups excluding carboxylic acids is 2. The second-order valence-corrected chi connectivity index (χ2v) is 5.28. The molecule has 126 valence electrons. The Labute approximate surface area is 143 Å². The van der Waals surface area contributed by atoms with Crippen molar-refractivity contribution in [2.75, 3.05) is 19.1 Å². The van der Waals surface area contributed by atoms with Gasteiger partial charge < -0.3 is 14.4 Å². The standard InChI is InChI=1S/C17H15ClFNO4/c1-10-8-13(19)14(9-12(10)18)20-7-5-4-6-11(16(21)23-2)15(20)17(22)24-3/h4-9H,1-3H3. The van der Waals surface area contributed by atoms with E-state index in [1.54, 1.807) is 13.0 Å². The SMILES string of the molecule is COC(=O)C1=C(C(=O)OC)N(c2cc(Cl)c(C)cc2F)C=CC=C1. The number of allylic oxidation sites excluding steroid dienone is 2. The Kier molecular flexibility index (Phi) is 5.41. The molecular weight excluding hydrogens is 337 g/mol. The molecule has 0 aromatic heterocycles. The fourth-order valence-corrected chi connectivity index (χ4v) is 2.33. The van der Waals surface area contributed by atoms with Crippen molar-refractivity contribution in [3.63, 3.8) is 0 Å². The first-order chi connectivity index (χ1) is 11.4. The zero-order chi connectivity index (χ0) is 17.9. The fraction of sp³-hybridized carbons (Fsp3) is 0.176. The molecule has 0 atom stereocenters. The molecule has 0 aliphatic carbocycles. The van der Waals surface area contributed by atoms with Gasteiger partial charge in [-0.3, -0.25) is 0 Å². The van der Waals surface area contributed by atoms with Crippen LogP contribution in [0.25, 0.3) is 0 Å². The van der Waals surface area contributed by atoms with Gasteiger partial charge in [0.2, 0.25) is 0 Å². The highest BCUT2D eigenvalue weighted by Gasteiger charge is 2.29. The van der Waals surface area contributed by atoms with E-state index in [2.05, 4.69) is 0 Å². The highest BCUT2D eigenvalue weighted by atomic mass is 35.5. The third-order valence-corrected chi connectivity index (χ3v) is 3.78. The van der Waals surface area contributed by atoms with Crippen LogP contribution < -0.4 is 4.90 Å². The van der Waals surface area contributed by atoms with Crippen LogP contribution in [0.15, 0.2) is 47.8 Å². The molecule has 7 heteroatoms. The zero-order valence-electron chi connectivity index (χ0n) is 13.3. The van der Waals surface area contributed by atoms with Gasteiger partial charge in [0.1, 0.15) is 11.5 Å². The number of anilines is 1. The van der Waals surface area contributed by atoms with Gasteiger partial charge in [-0.05, 0) is 36.8 Å². The van der Waals surface area contributed by atoms with Gasteiger partial charge in [0, 0.05) is 11.2 Å². The molecular formula is C17H15ClFNO4. The maximum Gasteiger partial charge on any atom is 0.355 e. The lowest BCUT2D eigenvalue weighted by Crippen LogP contribution is -2.27. The van der Waals surface area contributed by atoms with Crippen molar-refractivity contribution in [3.8, 4) is 0 Å². The number of rotatable bonds is 3. The predicted molar refractivity (Wildman–Crippen MR) is 88.0 cm³/mol. The molecule has 1 heterocycles. The van der Waals surface area contributed by atoms with E-state index in [4.69, 9.17) is 21.1 Å². The molecule has 1 aliphatic heterocycles. The monoisotopic (exact) mass is 351 g/mol. The average Bonchev–Trinajstić information content (AvgIpc) is 2.79. The number of halogens is 2. The molecule has 1 aromatic carbocycles. The number of ether oxygens (including phenoxy) is 2. The van der Waals surface area contributed by atoms with Crippen LogP contribution in [0, 0.1) is 12.7 Å². The highest BCUT2D eigenvalue weighted by molar-refractivity contribution is 6.31. The van der Waals surface area contributed by atoms with Crippen LogP contribution in [-0.2, 0) is 19.1 Å². The van der Waals surface area contributed by atoms with Crippen LogP contribution >= 0.6 is 11.6 Å². The molecule has 24 heavy (non-hydrogen) atoms. The lowest BCUT2D eigenvalue weighted by Gasteiger charge is -2.24. The number of hydrogen-bond donors (Lipinski definition) is 0. The summed E-state index contributed by atoms with van der Waals surface area (Å²) in [5, 5.41) is 0.320. The summed E-state index contributed by atoms with van der Waals surface area (Å²) in [6, 6.07) is 2.62. The Hall–Kier alpha value is -2.60. The molecule has 0 radical (unpaired) electrons. The minimum absolute atomic E-state index is 0.00681. The van der Waals surface area contributed by atoms with Gasteiger partial charge >= 0.3 is 11.9 Å². The van der Waals surface area contributed by atoms with E-state index in [9.17, 15) is 14.0 Å². The Bertz CT molecular complexity index is 783. The minimum atomic E-state index is -0.817. The number of esters is 2. The molecule has 2 rings (SSSR count). The second-order valence-electron chi connectivity index (χ2n) is 4.87. The van der Waals surface area contributed by atoms with Crippen molar-refractivity contribution >= 4 is 29.2 Å². The van der Waals surface area contributed by atoms with Gasteiger partial charge in [0.05, 0.1) is 25.5 Å². The number of carbonyl (C=O) groups is 2. The van der Waals surface area contributed by atoms with E-state index < -0.39 is 17.8 Å². The number of nitrogens with zero attached hydrogens (tertiary/aromatic N) is 1. The number of hydrogen-bond acceptors (Lipinski definition) is 5. The molecule has 5 nitrogen and oxygen atoms in total. The number of aryl methyl sites for hydroxylation is 1. The Morgan fingerprint density at radius 1 is 1.12 bits per heavy atom. The first-order valence-corrected chi connectivity index (χ1v) is 7.29.